The smallest absolute Gasteiger partial charge is 0.245 e. The molecule has 4 aromatic carbocycles. The van der Waals surface area contributed by atoms with Gasteiger partial charge in [-0.05, 0) is 202 Å². The van der Waals surface area contributed by atoms with Crippen LogP contribution in [0.25, 0.3) is 0 Å². The minimum Gasteiger partial charge on any atom is -0.378 e. The van der Waals surface area contributed by atoms with Crippen molar-refractivity contribution in [2.45, 2.75) is 77.1 Å². The number of aryl methyl sites for hydroxylation is 2. The number of nitrogens with zero attached hydrogens (tertiary/aromatic N) is 22. The van der Waals surface area contributed by atoms with Gasteiger partial charge in [-0.3, -0.25) is 19.9 Å². The van der Waals surface area contributed by atoms with Crippen molar-refractivity contribution in [3.8, 4) is 0 Å². The highest BCUT2D eigenvalue weighted by molar-refractivity contribution is 7.99. The molecule has 8 saturated heterocycles. The third kappa shape index (κ3) is 27.9. The van der Waals surface area contributed by atoms with E-state index in [2.05, 4.69) is 208 Å². The number of hydrogen-bond acceptors (Lipinski definition) is 36. The molecule has 42 heteroatoms. The molecule has 35 nitrogen and oxygen atoms in total. The van der Waals surface area contributed by atoms with Crippen molar-refractivity contribution in [2.24, 2.45) is 26.3 Å². The summed E-state index contributed by atoms with van der Waals surface area (Å²) in [4.78, 5) is 62.6. The first kappa shape index (κ1) is 98.7. The summed E-state index contributed by atoms with van der Waals surface area (Å²) in [5.74, 6) is 1.88. The zero-order chi connectivity index (χ0) is 97.0. The Bertz CT molecular complexity index is 5820. The predicted molar refractivity (Wildman–Crippen MR) is 550 cm³/mol. The molecule has 3 unspecified atom stereocenters. The Kier molecular flexibility index (Phi) is 34.5. The minimum atomic E-state index is -0.478. The van der Waals surface area contributed by atoms with Crippen LogP contribution >= 0.6 is 35.0 Å². The molecular weight excluding hydrogens is 1870 g/mol. The average Bonchev–Trinajstić information content (AvgIpc) is 1.29. The Labute approximate surface area is 828 Å². The SMILES string of the molecule is CC1CCN(c2ccc(Nc3ccc(/C=N/Nc4ncc(F)c(N5CCOCC5)n4)nc3)cc2Cl)C1.Cc1cc(Nc2ccc(/C=N/Nc3ncc(F)c(N4CCOCC4)n3)nc2)ccc1C1CCCS1.Cc1cc(Nc2ccc(/C=N/Nc3ncc(F)c(N4CCOCC4)n3)nc2)ccc1N1CCCC1.Fc1cnc(N/N=C/c2ccc(Nc3ccc(C4CCCO4)c(Cl)c3)cn2)nc1N1CCOCC1. The molecule has 8 fully saturated rings. The third-order valence-corrected chi connectivity index (χ3v) is 26.1. The van der Waals surface area contributed by atoms with Crippen LogP contribution in [0.3, 0.4) is 0 Å². The lowest BCUT2D eigenvalue weighted by atomic mass is 10.0. The van der Waals surface area contributed by atoms with Crippen molar-refractivity contribution in [1.29, 1.82) is 0 Å². The summed E-state index contributed by atoms with van der Waals surface area (Å²) in [5.41, 5.74) is 28.3. The van der Waals surface area contributed by atoms with Crippen LogP contribution in [-0.2, 0) is 23.7 Å². The van der Waals surface area contributed by atoms with Gasteiger partial charge in [-0.25, -0.2) is 59.2 Å². The van der Waals surface area contributed by atoms with Gasteiger partial charge in [0.25, 0.3) is 0 Å². The van der Waals surface area contributed by atoms with Crippen molar-refractivity contribution in [1.82, 2.24) is 59.8 Å². The van der Waals surface area contributed by atoms with Crippen LogP contribution in [0.2, 0.25) is 10.0 Å². The molecular formula is C99H110Cl2F4N30O5S. The van der Waals surface area contributed by atoms with Gasteiger partial charge in [0, 0.05) is 124 Å². The molecule has 0 saturated carbocycles. The summed E-state index contributed by atoms with van der Waals surface area (Å²) in [6, 6.07) is 40.0. The van der Waals surface area contributed by atoms with Gasteiger partial charge in [0.1, 0.15) is 0 Å². The molecule has 3 atom stereocenters. The van der Waals surface area contributed by atoms with E-state index in [9.17, 15) is 17.6 Å². The molecule has 0 amide bonds. The van der Waals surface area contributed by atoms with E-state index in [-0.39, 0.29) is 53.2 Å². The van der Waals surface area contributed by atoms with E-state index in [1.54, 1.807) is 43.4 Å². The minimum absolute atomic E-state index is 0.0802. The average molecular weight is 1980 g/mol. The van der Waals surface area contributed by atoms with E-state index in [0.717, 1.165) is 132 Å². The largest absolute Gasteiger partial charge is 0.378 e. The van der Waals surface area contributed by atoms with E-state index >= 15 is 0 Å². The maximum absolute atomic E-state index is 14.2. The Balaban J connectivity index is 0.000000130. The number of ether oxygens (including phenoxy) is 5. The van der Waals surface area contributed by atoms with Gasteiger partial charge in [-0.2, -0.15) is 52.1 Å². The number of halogens is 6. The summed E-state index contributed by atoms with van der Waals surface area (Å²) < 4.78 is 83.6. The van der Waals surface area contributed by atoms with Crippen molar-refractivity contribution >= 4 is 164 Å². The van der Waals surface area contributed by atoms with Gasteiger partial charge in [-0.1, -0.05) is 42.3 Å². The van der Waals surface area contributed by atoms with Crippen LogP contribution < -0.4 is 72.4 Å². The fourth-order valence-corrected chi connectivity index (χ4v) is 18.8. The highest BCUT2D eigenvalue weighted by Gasteiger charge is 2.28. The first-order valence-electron chi connectivity index (χ1n) is 47.0. The first-order valence-corrected chi connectivity index (χ1v) is 48.9. The summed E-state index contributed by atoms with van der Waals surface area (Å²) >= 11 is 15.1. The number of hydrogen-bond donors (Lipinski definition) is 8. The van der Waals surface area contributed by atoms with Crippen LogP contribution in [0.4, 0.5) is 122 Å². The molecule has 0 bridgehead atoms. The zero-order valence-corrected chi connectivity index (χ0v) is 80.6. The molecule has 8 aromatic heterocycles. The molecule has 12 aromatic rings. The van der Waals surface area contributed by atoms with Crippen LogP contribution in [0.15, 0.2) is 191 Å². The molecule has 16 heterocycles. The number of hydrazone groups is 4. The first-order chi connectivity index (χ1) is 69.0. The van der Waals surface area contributed by atoms with Gasteiger partial charge in [0.15, 0.2) is 46.5 Å². The molecule has 141 heavy (non-hydrogen) atoms. The Morgan fingerprint density at radius 2 is 0.709 bits per heavy atom. The molecule has 0 spiro atoms. The number of pyridine rings is 4. The molecule has 0 aliphatic carbocycles. The summed E-state index contributed by atoms with van der Waals surface area (Å²) in [6.45, 7) is 20.7. The fraction of sp³-hybridized carbons (Fsp3) is 0.354. The highest BCUT2D eigenvalue weighted by atomic mass is 35.5. The topological polar surface area (TPSA) is 366 Å². The summed E-state index contributed by atoms with van der Waals surface area (Å²) in [6.07, 6.45) is 26.2. The van der Waals surface area contributed by atoms with E-state index in [4.69, 9.17) is 46.9 Å². The Morgan fingerprint density at radius 3 is 1.04 bits per heavy atom. The second-order valence-corrected chi connectivity index (χ2v) is 36.4. The van der Waals surface area contributed by atoms with Crippen LogP contribution in [0.1, 0.15) is 108 Å². The van der Waals surface area contributed by atoms with Crippen molar-refractivity contribution in [2.75, 3.05) is 216 Å². The number of anilines is 18. The number of aromatic nitrogens is 12. The fourth-order valence-electron chi connectivity index (χ4n) is 16.8. The lowest BCUT2D eigenvalue weighted by molar-refractivity contribution is 0.112. The van der Waals surface area contributed by atoms with Crippen LogP contribution in [0.5, 0.6) is 0 Å². The van der Waals surface area contributed by atoms with Crippen LogP contribution in [0, 0.1) is 43.0 Å². The lowest BCUT2D eigenvalue weighted by Gasteiger charge is -2.27. The summed E-state index contributed by atoms with van der Waals surface area (Å²) in [7, 11) is 0. The molecule has 8 aliphatic heterocycles. The maximum Gasteiger partial charge on any atom is 0.245 e. The quantitative estimate of drug-likeness (QED) is 0.0128. The van der Waals surface area contributed by atoms with Gasteiger partial charge >= 0.3 is 0 Å². The number of morpholine rings is 4. The van der Waals surface area contributed by atoms with E-state index in [1.165, 1.54) is 66.4 Å². The van der Waals surface area contributed by atoms with Gasteiger partial charge < -0.3 is 74.4 Å². The standard InChI is InChI=1S/C25H28ClFN8O.C25H29FN8O.C25H28FN7OS.C24H25ClFN7O2/c1-17-6-7-35(16-17)23-5-4-18(12-21(23)26)31-20-3-2-19(28-13-20)14-30-33-25-29-15-22(27)24(32-25)34-8-10-36-11-9-34;1-18-14-19(6-7-23(18)33-8-2-3-9-33)30-21-5-4-20(27-15-21)16-29-32-25-28-17-22(26)24(31-25)34-10-12-35-13-11-34;1-17-13-18(6-7-21(17)23-3-2-12-35-23)30-20-5-4-19(27-14-20)15-29-32-25-28-16-22(26)24(31-25)33-8-10-34-11-9-33;25-20-12-16(5-6-19(20)22-2-1-9-35-22)30-18-4-3-17(27-13-18)14-29-32-24-28-15-21(26)23(31-24)33-7-10-34-11-8-33/h2-5,12-15,17,31H,6-11,16H2,1H3,(H,29,32,33);4-7,14-17,30H,2-3,8-13H2,1H3,(H,28,31,32);4-7,13-16,23,30H,2-3,8-12H2,1H3,(H,28,31,32);3-6,12-15,22,30H,1-2,7-11H2,(H,28,31,32)/b30-14+;29-16+;29-15+;29-14+. The Hall–Kier alpha value is -13.9. The van der Waals surface area contributed by atoms with E-state index in [0.29, 0.717) is 144 Å². The Morgan fingerprint density at radius 1 is 0.348 bits per heavy atom. The van der Waals surface area contributed by atoms with Crippen molar-refractivity contribution in [3.05, 3.63) is 249 Å². The normalized spacial score (nSPS) is 17.7. The zero-order valence-electron chi connectivity index (χ0n) is 78.3. The van der Waals surface area contributed by atoms with Gasteiger partial charge in [0.2, 0.25) is 23.8 Å². The molecule has 0 radical (unpaired) electrons. The number of benzene rings is 4. The lowest BCUT2D eigenvalue weighted by Crippen LogP contribution is -2.37. The monoisotopic (exact) mass is 1980 g/mol. The number of rotatable bonds is 28. The van der Waals surface area contributed by atoms with Gasteiger partial charge in [0.05, 0.1) is 190 Å². The molecule has 8 N–H and O–H groups in total. The number of thioether (sulfide) groups is 1. The van der Waals surface area contributed by atoms with E-state index in [1.807, 2.05) is 98.5 Å². The highest BCUT2D eigenvalue weighted by Crippen LogP contribution is 2.43. The predicted octanol–water partition coefficient (Wildman–Crippen LogP) is 17.9. The second kappa shape index (κ2) is 49.3. The van der Waals surface area contributed by atoms with Crippen molar-refractivity contribution in [3.63, 3.8) is 0 Å². The second-order valence-electron chi connectivity index (χ2n) is 34.2. The third-order valence-electron chi connectivity index (χ3n) is 24.1. The molecule has 20 rings (SSSR count). The van der Waals surface area contributed by atoms with Gasteiger partial charge in [-0.15, -0.1) is 0 Å². The number of nitrogens with one attached hydrogen (secondary N) is 8. The summed E-state index contributed by atoms with van der Waals surface area (Å²) in [5, 5.41) is 32.0. The molecule has 734 valence electrons. The van der Waals surface area contributed by atoms with E-state index < -0.39 is 23.3 Å². The van der Waals surface area contributed by atoms with Crippen LogP contribution in [-0.4, -0.2) is 228 Å². The maximum atomic E-state index is 14.2. The molecule has 8 aliphatic rings. The van der Waals surface area contributed by atoms with Crippen molar-refractivity contribution < 1.29 is 41.2 Å².